The van der Waals surface area contributed by atoms with Crippen molar-refractivity contribution < 1.29 is 19.4 Å². The lowest BCUT2D eigenvalue weighted by atomic mass is 10.1. The summed E-state index contributed by atoms with van der Waals surface area (Å²) < 4.78 is 5.17. The summed E-state index contributed by atoms with van der Waals surface area (Å²) in [7, 11) is 0. The Morgan fingerprint density at radius 2 is 1.68 bits per heavy atom. The lowest BCUT2D eigenvalue weighted by molar-refractivity contribution is -0.154. The van der Waals surface area contributed by atoms with Crippen LogP contribution in [0.1, 0.15) is 25.7 Å². The van der Waals surface area contributed by atoms with Crippen molar-refractivity contribution in [1.82, 2.24) is 4.90 Å². The van der Waals surface area contributed by atoms with Crippen molar-refractivity contribution in [1.29, 1.82) is 10.5 Å². The van der Waals surface area contributed by atoms with Crippen LogP contribution in [0.2, 0.25) is 0 Å². The van der Waals surface area contributed by atoms with Crippen LogP contribution < -0.4 is 0 Å². The van der Waals surface area contributed by atoms with Crippen LogP contribution in [0.4, 0.5) is 0 Å². The van der Waals surface area contributed by atoms with Crippen LogP contribution in [0.3, 0.4) is 0 Å². The number of carbonyl (C=O) groups is 2. The molecule has 0 bridgehead atoms. The maximum Gasteiger partial charge on any atom is 0.332 e. The van der Waals surface area contributed by atoms with Crippen molar-refractivity contribution in [2.24, 2.45) is 0 Å². The van der Waals surface area contributed by atoms with Crippen LogP contribution in [-0.4, -0.2) is 47.2 Å². The molecular formula is C12H15N3O4. The van der Waals surface area contributed by atoms with Gasteiger partial charge in [-0.15, -0.1) is 0 Å². The second-order valence-corrected chi connectivity index (χ2v) is 4.17. The first-order valence-electron chi connectivity index (χ1n) is 6.01. The Morgan fingerprint density at radius 1 is 1.16 bits per heavy atom. The predicted octanol–water partition coefficient (Wildman–Crippen LogP) is 0.275. The summed E-state index contributed by atoms with van der Waals surface area (Å²) in [6.07, 6.45) is -0.721. The second kappa shape index (κ2) is 7.34. The number of aliphatic carboxylic acids is 1. The van der Waals surface area contributed by atoms with Gasteiger partial charge in [0.15, 0.2) is 6.10 Å². The normalized spacial score (nSPS) is 21.4. The Kier molecular flexibility index (Phi) is 5.77. The average molecular weight is 265 g/mol. The van der Waals surface area contributed by atoms with E-state index >= 15 is 0 Å². The third-order valence-corrected chi connectivity index (χ3v) is 2.87. The summed E-state index contributed by atoms with van der Waals surface area (Å²) in [5, 5.41) is 25.9. The minimum absolute atomic E-state index is 0.173. The first-order valence-corrected chi connectivity index (χ1v) is 6.01. The molecule has 2 atom stereocenters. The number of hydrogen-bond acceptors (Lipinski definition) is 5. The van der Waals surface area contributed by atoms with E-state index in [-0.39, 0.29) is 31.8 Å². The summed E-state index contributed by atoms with van der Waals surface area (Å²) in [6, 6.07) is 3.87. The molecule has 0 radical (unpaired) electrons. The third kappa shape index (κ3) is 4.23. The number of carbonyl (C=O) groups excluding carboxylic acids is 1. The van der Waals surface area contributed by atoms with Gasteiger partial charge in [-0.3, -0.25) is 4.79 Å². The van der Waals surface area contributed by atoms with Crippen LogP contribution in [0.25, 0.3) is 0 Å². The molecule has 0 spiro atoms. The van der Waals surface area contributed by atoms with E-state index in [0.717, 1.165) is 0 Å². The van der Waals surface area contributed by atoms with Gasteiger partial charge in [0.05, 0.1) is 25.0 Å². The van der Waals surface area contributed by atoms with E-state index in [0.29, 0.717) is 12.8 Å². The highest BCUT2D eigenvalue weighted by atomic mass is 16.5. The molecule has 7 nitrogen and oxygen atoms in total. The molecule has 1 saturated heterocycles. The van der Waals surface area contributed by atoms with Crippen molar-refractivity contribution in [3.05, 3.63) is 0 Å². The number of nitrogens with zero attached hydrogens (tertiary/aromatic N) is 3. The fraction of sp³-hybridized carbons (Fsp3) is 0.667. The highest BCUT2D eigenvalue weighted by Gasteiger charge is 2.36. The predicted molar refractivity (Wildman–Crippen MR) is 62.6 cm³/mol. The molecule has 0 unspecified atom stereocenters. The Morgan fingerprint density at radius 3 is 2.11 bits per heavy atom. The SMILES string of the molecule is N#CCCN(CCC#N)C(=O)[C@@H]1CC[C@H](C(=O)O)O1. The van der Waals surface area contributed by atoms with E-state index in [1.165, 1.54) is 4.90 Å². The van der Waals surface area contributed by atoms with Crippen molar-refractivity contribution in [2.45, 2.75) is 37.9 Å². The minimum atomic E-state index is -1.07. The summed E-state index contributed by atoms with van der Waals surface area (Å²) in [5.41, 5.74) is 0. The summed E-state index contributed by atoms with van der Waals surface area (Å²) in [4.78, 5) is 24.3. The highest BCUT2D eigenvalue weighted by molar-refractivity contribution is 5.82. The monoisotopic (exact) mass is 265 g/mol. The lowest BCUT2D eigenvalue weighted by Gasteiger charge is -2.23. The van der Waals surface area contributed by atoms with E-state index in [9.17, 15) is 9.59 Å². The molecule has 1 heterocycles. The Hall–Kier alpha value is -2.12. The largest absolute Gasteiger partial charge is 0.479 e. The zero-order valence-electron chi connectivity index (χ0n) is 10.4. The Bertz CT molecular complexity index is 406. The molecule has 0 aromatic carbocycles. The van der Waals surface area contributed by atoms with Crippen LogP contribution in [0.15, 0.2) is 0 Å². The molecule has 102 valence electrons. The fourth-order valence-corrected chi connectivity index (χ4v) is 1.91. The van der Waals surface area contributed by atoms with Crippen molar-refractivity contribution in [3.63, 3.8) is 0 Å². The molecule has 0 aromatic rings. The zero-order chi connectivity index (χ0) is 14.3. The Balaban J connectivity index is 2.59. The lowest BCUT2D eigenvalue weighted by Crippen LogP contribution is -2.40. The van der Waals surface area contributed by atoms with Crippen LogP contribution in [-0.2, 0) is 14.3 Å². The van der Waals surface area contributed by atoms with E-state index in [4.69, 9.17) is 20.4 Å². The van der Waals surface area contributed by atoms with Crippen LogP contribution >= 0.6 is 0 Å². The van der Waals surface area contributed by atoms with E-state index < -0.39 is 18.2 Å². The number of ether oxygens (including phenoxy) is 1. The van der Waals surface area contributed by atoms with Crippen molar-refractivity contribution in [2.75, 3.05) is 13.1 Å². The van der Waals surface area contributed by atoms with Crippen molar-refractivity contribution in [3.8, 4) is 12.1 Å². The maximum atomic E-state index is 12.1. The standard InChI is InChI=1S/C12H15N3O4/c13-5-1-7-15(8-2-6-14)11(16)9-3-4-10(19-9)12(17)18/h9-10H,1-4,7-8H2,(H,17,18)/t9-,10+/m0/s1. The first kappa shape index (κ1) is 14.9. The number of nitriles is 2. The van der Waals surface area contributed by atoms with E-state index in [2.05, 4.69) is 0 Å². The maximum absolute atomic E-state index is 12.1. The van der Waals surface area contributed by atoms with Gasteiger partial charge in [0.2, 0.25) is 0 Å². The summed E-state index contributed by atoms with van der Waals surface area (Å²) >= 11 is 0. The van der Waals surface area contributed by atoms with Gasteiger partial charge in [-0.2, -0.15) is 10.5 Å². The molecule has 19 heavy (non-hydrogen) atoms. The molecule has 1 amide bonds. The smallest absolute Gasteiger partial charge is 0.332 e. The molecular weight excluding hydrogens is 250 g/mol. The van der Waals surface area contributed by atoms with Gasteiger partial charge in [-0.25, -0.2) is 4.79 Å². The molecule has 1 aliphatic heterocycles. The average Bonchev–Trinajstić information content (AvgIpc) is 2.88. The fourth-order valence-electron chi connectivity index (χ4n) is 1.91. The number of carboxylic acids is 1. The number of rotatable bonds is 6. The van der Waals surface area contributed by atoms with Gasteiger partial charge in [0.25, 0.3) is 5.91 Å². The summed E-state index contributed by atoms with van der Waals surface area (Å²) in [5.74, 6) is -1.41. The molecule has 1 N–H and O–H groups in total. The molecule has 0 aromatic heterocycles. The molecule has 1 aliphatic rings. The van der Waals surface area contributed by atoms with Gasteiger partial charge in [0.1, 0.15) is 6.10 Å². The number of carboxylic acid groups (broad SMARTS) is 1. The molecule has 0 aliphatic carbocycles. The molecule has 1 rings (SSSR count). The number of hydrogen-bond donors (Lipinski definition) is 1. The van der Waals surface area contributed by atoms with Gasteiger partial charge in [0, 0.05) is 13.1 Å². The van der Waals surface area contributed by atoms with Crippen LogP contribution in [0, 0.1) is 22.7 Å². The molecule has 1 fully saturated rings. The van der Waals surface area contributed by atoms with E-state index in [1.807, 2.05) is 12.1 Å². The van der Waals surface area contributed by atoms with Crippen LogP contribution in [0.5, 0.6) is 0 Å². The Labute approximate surface area is 111 Å². The van der Waals surface area contributed by atoms with Gasteiger partial charge in [-0.05, 0) is 12.8 Å². The highest BCUT2D eigenvalue weighted by Crippen LogP contribution is 2.21. The molecule has 7 heteroatoms. The minimum Gasteiger partial charge on any atom is -0.479 e. The first-order chi connectivity index (χ1) is 9.10. The summed E-state index contributed by atoms with van der Waals surface area (Å²) in [6.45, 7) is 0.462. The quantitative estimate of drug-likeness (QED) is 0.737. The van der Waals surface area contributed by atoms with Gasteiger partial charge in [-0.1, -0.05) is 0 Å². The topological polar surface area (TPSA) is 114 Å². The van der Waals surface area contributed by atoms with Gasteiger partial charge >= 0.3 is 5.97 Å². The van der Waals surface area contributed by atoms with E-state index in [1.54, 1.807) is 0 Å². The third-order valence-electron chi connectivity index (χ3n) is 2.87. The van der Waals surface area contributed by atoms with Crippen molar-refractivity contribution >= 4 is 11.9 Å². The second-order valence-electron chi connectivity index (χ2n) is 4.17. The molecule has 0 saturated carbocycles. The number of amides is 1. The van der Waals surface area contributed by atoms with Gasteiger partial charge < -0.3 is 14.7 Å². The zero-order valence-corrected chi connectivity index (χ0v) is 10.4.